The summed E-state index contributed by atoms with van der Waals surface area (Å²) < 4.78 is 7.61. The Labute approximate surface area is 178 Å². The number of hydrogen-bond donors (Lipinski definition) is 1. The summed E-state index contributed by atoms with van der Waals surface area (Å²) in [4.78, 5) is 29.7. The average molecular weight is 422 g/mol. The van der Waals surface area contributed by atoms with E-state index in [-0.39, 0.29) is 5.91 Å². The van der Waals surface area contributed by atoms with Crippen LogP contribution in [0.1, 0.15) is 34.2 Å². The van der Waals surface area contributed by atoms with Crippen molar-refractivity contribution in [3.8, 4) is 0 Å². The standard InChI is InChI=1S/C23H23N3O3S/c1-5-26-19-9-7-6-8-17(19)18-12-16(10-11-20(18)26)25-22(27)14(3)29-23(28)21-13(2)24-15(4)30-21/h6-12,14H,5H2,1-4H3,(H,25,27)/t14-/m0/s1. The zero-order valence-electron chi connectivity index (χ0n) is 17.4. The summed E-state index contributed by atoms with van der Waals surface area (Å²) in [5.74, 6) is -0.900. The van der Waals surface area contributed by atoms with E-state index in [0.29, 0.717) is 16.3 Å². The third-order valence-corrected chi connectivity index (χ3v) is 6.15. The lowest BCUT2D eigenvalue weighted by Gasteiger charge is -2.13. The van der Waals surface area contributed by atoms with Crippen molar-refractivity contribution >= 4 is 50.7 Å². The number of esters is 1. The lowest BCUT2D eigenvalue weighted by molar-refractivity contribution is -0.123. The molecule has 7 heteroatoms. The number of benzene rings is 2. The normalized spacial score (nSPS) is 12.3. The van der Waals surface area contributed by atoms with Crippen LogP contribution in [-0.4, -0.2) is 27.5 Å². The number of nitrogens with zero attached hydrogens (tertiary/aromatic N) is 2. The van der Waals surface area contributed by atoms with Crippen LogP contribution < -0.4 is 5.32 Å². The molecule has 0 aliphatic carbocycles. The maximum absolute atomic E-state index is 12.6. The quantitative estimate of drug-likeness (QED) is 0.457. The molecule has 2 heterocycles. The van der Waals surface area contributed by atoms with E-state index >= 15 is 0 Å². The molecule has 1 amide bonds. The lowest BCUT2D eigenvalue weighted by Crippen LogP contribution is -2.29. The Kier molecular flexibility index (Phi) is 5.30. The first-order valence-corrected chi connectivity index (χ1v) is 10.7. The van der Waals surface area contributed by atoms with Crippen molar-refractivity contribution in [2.75, 3.05) is 5.32 Å². The number of nitrogens with one attached hydrogen (secondary N) is 1. The van der Waals surface area contributed by atoms with Crippen molar-refractivity contribution in [2.45, 2.75) is 40.3 Å². The zero-order chi connectivity index (χ0) is 21.4. The molecule has 0 spiro atoms. The molecule has 0 unspecified atom stereocenters. The highest BCUT2D eigenvalue weighted by molar-refractivity contribution is 7.13. The van der Waals surface area contributed by atoms with Crippen molar-refractivity contribution in [2.24, 2.45) is 0 Å². The molecule has 4 rings (SSSR count). The minimum atomic E-state index is -0.924. The van der Waals surface area contributed by atoms with Gasteiger partial charge in [-0.2, -0.15) is 0 Å². The van der Waals surface area contributed by atoms with Gasteiger partial charge in [-0.1, -0.05) is 18.2 Å². The first-order chi connectivity index (χ1) is 14.4. The largest absolute Gasteiger partial charge is 0.448 e. The number of thiazole rings is 1. The number of para-hydroxylation sites is 1. The summed E-state index contributed by atoms with van der Waals surface area (Å²) in [6, 6.07) is 14.1. The SMILES string of the molecule is CCn1c2ccccc2c2cc(NC(=O)[C@H](C)OC(=O)c3sc(C)nc3C)ccc21. The van der Waals surface area contributed by atoms with Crippen molar-refractivity contribution in [3.63, 3.8) is 0 Å². The Bertz CT molecular complexity index is 1270. The smallest absolute Gasteiger partial charge is 0.351 e. The molecule has 0 aliphatic rings. The number of carbonyl (C=O) groups is 2. The maximum Gasteiger partial charge on any atom is 0.351 e. The molecule has 0 saturated heterocycles. The molecule has 0 radical (unpaired) electrons. The molecule has 0 bridgehead atoms. The van der Waals surface area contributed by atoms with E-state index in [0.717, 1.165) is 33.4 Å². The second kappa shape index (κ2) is 7.91. The topological polar surface area (TPSA) is 73.2 Å². The van der Waals surface area contributed by atoms with Crippen LogP contribution in [0.4, 0.5) is 5.69 Å². The van der Waals surface area contributed by atoms with Crippen LogP contribution in [0.15, 0.2) is 42.5 Å². The molecule has 2 aromatic carbocycles. The Morgan fingerprint density at radius 2 is 1.87 bits per heavy atom. The van der Waals surface area contributed by atoms with Gasteiger partial charge in [0.1, 0.15) is 4.88 Å². The molecule has 6 nitrogen and oxygen atoms in total. The van der Waals surface area contributed by atoms with Crippen LogP contribution in [0.25, 0.3) is 21.8 Å². The van der Waals surface area contributed by atoms with Crippen LogP contribution in [0.3, 0.4) is 0 Å². The number of aryl methyl sites for hydroxylation is 3. The van der Waals surface area contributed by atoms with Crippen LogP contribution in [0, 0.1) is 13.8 Å². The molecule has 154 valence electrons. The molecular formula is C23H23N3O3S. The van der Waals surface area contributed by atoms with E-state index in [1.165, 1.54) is 11.3 Å². The van der Waals surface area contributed by atoms with Crippen molar-refractivity contribution in [1.29, 1.82) is 0 Å². The molecule has 4 aromatic rings. The molecule has 30 heavy (non-hydrogen) atoms. The number of ether oxygens (including phenoxy) is 1. The monoisotopic (exact) mass is 421 g/mol. The van der Waals surface area contributed by atoms with Crippen LogP contribution >= 0.6 is 11.3 Å². The Balaban J connectivity index is 1.55. The fourth-order valence-corrected chi connectivity index (χ4v) is 4.51. The van der Waals surface area contributed by atoms with Gasteiger partial charge in [0.2, 0.25) is 0 Å². The number of fused-ring (bicyclic) bond motifs is 3. The predicted octanol–water partition coefficient (Wildman–Crippen LogP) is 5.07. The number of anilines is 1. The van der Waals surface area contributed by atoms with Gasteiger partial charge in [-0.15, -0.1) is 11.3 Å². The summed E-state index contributed by atoms with van der Waals surface area (Å²) in [7, 11) is 0. The maximum atomic E-state index is 12.6. The minimum Gasteiger partial charge on any atom is -0.448 e. The summed E-state index contributed by atoms with van der Waals surface area (Å²) in [6.45, 7) is 8.13. The highest BCUT2D eigenvalue weighted by Gasteiger charge is 2.22. The van der Waals surface area contributed by atoms with E-state index < -0.39 is 12.1 Å². The third-order valence-electron chi connectivity index (χ3n) is 5.10. The molecule has 1 atom stereocenters. The highest BCUT2D eigenvalue weighted by Crippen LogP contribution is 2.31. The van der Waals surface area contributed by atoms with Crippen molar-refractivity contribution in [3.05, 3.63) is 58.0 Å². The van der Waals surface area contributed by atoms with Gasteiger partial charge in [0.15, 0.2) is 6.10 Å². The van der Waals surface area contributed by atoms with Crippen LogP contribution in [0.5, 0.6) is 0 Å². The van der Waals surface area contributed by atoms with E-state index in [1.54, 1.807) is 13.8 Å². The fraction of sp³-hybridized carbons (Fsp3) is 0.261. The van der Waals surface area contributed by atoms with Gasteiger partial charge in [-0.3, -0.25) is 4.79 Å². The van der Waals surface area contributed by atoms with Gasteiger partial charge in [0.05, 0.1) is 10.7 Å². The summed E-state index contributed by atoms with van der Waals surface area (Å²) in [5, 5.41) is 5.87. The number of carbonyl (C=O) groups excluding carboxylic acids is 2. The van der Waals surface area contributed by atoms with Gasteiger partial charge in [-0.05, 0) is 52.0 Å². The highest BCUT2D eigenvalue weighted by atomic mass is 32.1. The molecule has 0 aliphatic heterocycles. The van der Waals surface area contributed by atoms with E-state index in [1.807, 2.05) is 37.3 Å². The van der Waals surface area contributed by atoms with Crippen LogP contribution in [-0.2, 0) is 16.1 Å². The number of aromatic nitrogens is 2. The third kappa shape index (κ3) is 3.57. The van der Waals surface area contributed by atoms with Crippen LogP contribution in [0.2, 0.25) is 0 Å². The predicted molar refractivity (Wildman–Crippen MR) is 120 cm³/mol. The summed E-state index contributed by atoms with van der Waals surface area (Å²) in [6.07, 6.45) is -0.924. The zero-order valence-corrected chi connectivity index (χ0v) is 18.2. The Morgan fingerprint density at radius 3 is 2.57 bits per heavy atom. The van der Waals surface area contributed by atoms with Crippen molar-refractivity contribution in [1.82, 2.24) is 9.55 Å². The molecular weight excluding hydrogens is 398 g/mol. The number of hydrogen-bond acceptors (Lipinski definition) is 5. The van der Waals surface area contributed by atoms with Crippen molar-refractivity contribution < 1.29 is 14.3 Å². The van der Waals surface area contributed by atoms with E-state index in [9.17, 15) is 9.59 Å². The molecule has 1 N–H and O–H groups in total. The van der Waals surface area contributed by atoms with Gasteiger partial charge in [0, 0.05) is 34.0 Å². The summed E-state index contributed by atoms with van der Waals surface area (Å²) in [5.41, 5.74) is 3.57. The molecule has 0 fully saturated rings. The number of amides is 1. The van der Waals surface area contributed by atoms with Gasteiger partial charge in [0.25, 0.3) is 5.91 Å². The fourth-order valence-electron chi connectivity index (χ4n) is 3.70. The average Bonchev–Trinajstić information content (AvgIpc) is 3.23. The lowest BCUT2D eigenvalue weighted by atomic mass is 10.1. The first kappa shape index (κ1) is 20.1. The number of rotatable bonds is 5. The molecule has 0 saturated carbocycles. The van der Waals surface area contributed by atoms with Gasteiger partial charge >= 0.3 is 5.97 Å². The Hall–Kier alpha value is -3.19. The second-order valence-electron chi connectivity index (χ2n) is 7.18. The Morgan fingerprint density at radius 1 is 1.13 bits per heavy atom. The first-order valence-electron chi connectivity index (χ1n) is 9.86. The van der Waals surface area contributed by atoms with E-state index in [4.69, 9.17) is 4.74 Å². The summed E-state index contributed by atoms with van der Waals surface area (Å²) >= 11 is 1.27. The van der Waals surface area contributed by atoms with Gasteiger partial charge in [-0.25, -0.2) is 9.78 Å². The molecule has 2 aromatic heterocycles. The second-order valence-corrected chi connectivity index (χ2v) is 8.38. The van der Waals surface area contributed by atoms with Gasteiger partial charge < -0.3 is 14.6 Å². The minimum absolute atomic E-state index is 0.374. The van der Waals surface area contributed by atoms with E-state index in [2.05, 4.69) is 33.9 Å².